The Labute approximate surface area is 112 Å². The highest BCUT2D eigenvalue weighted by Gasteiger charge is 2.11. The van der Waals surface area contributed by atoms with Gasteiger partial charge in [-0.15, -0.1) is 0 Å². The second kappa shape index (κ2) is 4.36. The van der Waals surface area contributed by atoms with Crippen LogP contribution in [0.25, 0.3) is 10.9 Å². The van der Waals surface area contributed by atoms with Gasteiger partial charge in [-0.1, -0.05) is 0 Å². The Hall–Kier alpha value is -0.190. The number of aromatic nitrogens is 1. The summed E-state index contributed by atoms with van der Waals surface area (Å²) in [6.45, 7) is 2.05. The minimum absolute atomic E-state index is 0.708. The minimum atomic E-state index is 0.708. The molecule has 0 aliphatic carbocycles. The first-order valence-corrected chi connectivity index (χ1v) is 8.29. The van der Waals surface area contributed by atoms with Gasteiger partial charge in [0.25, 0.3) is 0 Å². The first-order valence-electron chi connectivity index (χ1n) is 4.18. The van der Waals surface area contributed by atoms with Crippen LogP contribution >= 0.6 is 46.3 Å². The number of nitriles is 1. The fraction of sp³-hybridized carbons (Fsp3) is 0.100. The van der Waals surface area contributed by atoms with Crippen molar-refractivity contribution in [1.29, 1.82) is 5.26 Å². The van der Waals surface area contributed by atoms with Crippen molar-refractivity contribution >= 4 is 57.2 Å². The molecule has 0 fully saturated rings. The van der Waals surface area contributed by atoms with E-state index in [0.29, 0.717) is 5.56 Å². The molecule has 0 saturated carbocycles. The van der Waals surface area contributed by atoms with E-state index in [9.17, 15) is 0 Å². The molecule has 76 valence electrons. The average molecular weight is 393 g/mol. The van der Waals surface area contributed by atoms with Crippen molar-refractivity contribution in [3.05, 3.63) is 33.9 Å². The third-order valence-corrected chi connectivity index (χ3v) is 4.61. The van der Waals surface area contributed by atoms with E-state index in [1.807, 2.05) is 18.3 Å². The maximum atomic E-state index is 9.09. The summed E-state index contributed by atoms with van der Waals surface area (Å²) in [4.78, 5) is 0. The largest absolute Gasteiger partial charge is 0.282 e. The molecule has 1 aromatic heterocycles. The molecule has 0 N–H and O–H groups in total. The molecule has 2 aromatic rings. The van der Waals surface area contributed by atoms with E-state index in [-0.39, 0.29) is 0 Å². The molecule has 0 spiro atoms. The summed E-state index contributed by atoms with van der Waals surface area (Å²) in [6, 6.07) is 6.20. The Kier molecular flexibility index (Phi) is 3.28. The summed E-state index contributed by atoms with van der Waals surface area (Å²) in [5.41, 5.74) is 3.00. The summed E-state index contributed by atoms with van der Waals surface area (Å²) in [5.74, 6) is 0. The number of nitrogens with zero attached hydrogens (tertiary/aromatic N) is 2. The quantitative estimate of drug-likeness (QED) is 0.671. The van der Waals surface area contributed by atoms with E-state index in [0.717, 1.165) is 15.4 Å². The zero-order chi connectivity index (χ0) is 11.0. The normalized spacial score (nSPS) is 10.5. The van der Waals surface area contributed by atoms with Gasteiger partial charge in [0.15, 0.2) is 0 Å². The van der Waals surface area contributed by atoms with Gasteiger partial charge >= 0.3 is 0 Å². The zero-order valence-electron chi connectivity index (χ0n) is 7.79. The summed E-state index contributed by atoms with van der Waals surface area (Å²) in [6.07, 6.45) is 1.99. The number of benzene rings is 1. The molecule has 2 nitrogen and oxygen atoms in total. The first kappa shape index (κ1) is 11.3. The monoisotopic (exact) mass is 392 g/mol. The molecule has 0 aliphatic heterocycles. The zero-order valence-corrected chi connectivity index (χ0v) is 12.4. The first-order chi connectivity index (χ1) is 7.19. The molecule has 1 heterocycles. The van der Waals surface area contributed by atoms with Gasteiger partial charge in [-0.25, -0.2) is 0 Å². The number of halogens is 2. The Bertz CT molecular complexity index is 571. The topological polar surface area (TPSA) is 28.7 Å². The van der Waals surface area contributed by atoms with Crippen LogP contribution in [-0.4, -0.2) is 3.97 Å². The predicted octanol–water partition coefficient (Wildman–Crippen LogP) is 4.43. The average Bonchev–Trinajstić information content (AvgIpc) is 2.62. The van der Waals surface area contributed by atoms with E-state index in [1.54, 1.807) is 9.12 Å². The molecular weight excluding hydrogens is 387 g/mol. The van der Waals surface area contributed by atoms with Gasteiger partial charge in [-0.3, -0.25) is 3.97 Å². The number of rotatable bonds is 1. The second-order valence-electron chi connectivity index (χ2n) is 3.13. The molecule has 0 atom stereocenters. The van der Waals surface area contributed by atoms with Gasteiger partial charge in [0, 0.05) is 46.4 Å². The van der Waals surface area contributed by atoms with Crippen LogP contribution in [0.15, 0.2) is 22.8 Å². The predicted molar refractivity (Wildman–Crippen MR) is 76.1 cm³/mol. The second-order valence-corrected chi connectivity index (χ2v) is 5.70. The Morgan fingerprint density at radius 3 is 2.93 bits per heavy atom. The van der Waals surface area contributed by atoms with Crippen molar-refractivity contribution in [1.82, 2.24) is 3.97 Å². The van der Waals surface area contributed by atoms with Crippen molar-refractivity contribution in [3.8, 4) is 6.07 Å². The van der Waals surface area contributed by atoms with E-state index in [4.69, 9.17) is 5.26 Å². The fourth-order valence-corrected chi connectivity index (χ4v) is 3.68. The Morgan fingerprint density at radius 1 is 1.60 bits per heavy atom. The van der Waals surface area contributed by atoms with Crippen LogP contribution < -0.4 is 0 Å². The molecule has 2 rings (SSSR count). The van der Waals surface area contributed by atoms with Crippen molar-refractivity contribution in [2.45, 2.75) is 6.92 Å². The van der Waals surface area contributed by atoms with E-state index in [1.165, 1.54) is 5.56 Å². The van der Waals surface area contributed by atoms with Crippen LogP contribution in [0.3, 0.4) is 0 Å². The highest BCUT2D eigenvalue weighted by Crippen LogP contribution is 2.33. The molecule has 15 heavy (non-hydrogen) atoms. The van der Waals surface area contributed by atoms with Gasteiger partial charge in [-0.05, 0) is 40.5 Å². The van der Waals surface area contributed by atoms with Crippen LogP contribution in [-0.2, 0) is 0 Å². The molecule has 0 radical (unpaired) electrons. The Balaban J connectivity index is 2.94. The van der Waals surface area contributed by atoms with Crippen molar-refractivity contribution in [2.75, 3.05) is 0 Å². The lowest BCUT2D eigenvalue weighted by atomic mass is 10.1. The molecule has 0 unspecified atom stereocenters. The number of hydrogen-bond donors (Lipinski definition) is 0. The van der Waals surface area contributed by atoms with Crippen LogP contribution in [0, 0.1) is 18.3 Å². The van der Waals surface area contributed by atoms with Crippen molar-refractivity contribution < 1.29 is 0 Å². The van der Waals surface area contributed by atoms with Crippen LogP contribution in [0.4, 0.5) is 0 Å². The molecule has 0 aliphatic rings. The maximum absolute atomic E-state index is 9.09. The lowest BCUT2D eigenvalue weighted by molar-refractivity contribution is 1.33. The third kappa shape index (κ3) is 1.79. The molecule has 0 amide bonds. The van der Waals surface area contributed by atoms with Crippen LogP contribution in [0.1, 0.15) is 11.1 Å². The summed E-state index contributed by atoms with van der Waals surface area (Å²) in [5, 5.41) is 10.1. The highest BCUT2D eigenvalue weighted by molar-refractivity contribution is 14.2. The summed E-state index contributed by atoms with van der Waals surface area (Å²) in [7, 11) is 1.61. The summed E-state index contributed by atoms with van der Waals surface area (Å²) >= 11 is 5.65. The number of aryl methyl sites for hydroxylation is 1. The molecular formula is C10H6BrIN2S. The smallest absolute Gasteiger partial charge is 0.101 e. The maximum Gasteiger partial charge on any atom is 0.101 e. The number of fused-ring (bicyclic) bond motifs is 1. The molecule has 1 aromatic carbocycles. The van der Waals surface area contributed by atoms with Crippen LogP contribution in [0.5, 0.6) is 0 Å². The molecule has 0 saturated heterocycles. The highest BCUT2D eigenvalue weighted by atomic mass is 127. The SMILES string of the molecule is Cc1cc(Br)c(C#N)c2ccn(SI)c12. The van der Waals surface area contributed by atoms with Crippen molar-refractivity contribution in [3.63, 3.8) is 0 Å². The summed E-state index contributed by atoms with van der Waals surface area (Å²) < 4.78 is 2.93. The molecule has 0 bridgehead atoms. The lowest BCUT2D eigenvalue weighted by Gasteiger charge is -2.05. The standard InChI is InChI=1S/C10H6BrIN2S/c1-6-4-9(11)8(5-13)7-2-3-14(15-12)10(6)7/h2-4H,1H3. The van der Waals surface area contributed by atoms with E-state index in [2.05, 4.69) is 54.1 Å². The van der Waals surface area contributed by atoms with Gasteiger partial charge in [0.1, 0.15) is 6.07 Å². The fourth-order valence-electron chi connectivity index (χ4n) is 1.63. The Morgan fingerprint density at radius 2 is 2.33 bits per heavy atom. The molecule has 5 heteroatoms. The van der Waals surface area contributed by atoms with E-state index < -0.39 is 0 Å². The van der Waals surface area contributed by atoms with Gasteiger partial charge in [0.2, 0.25) is 0 Å². The van der Waals surface area contributed by atoms with E-state index >= 15 is 0 Å². The number of hydrogen-bond acceptors (Lipinski definition) is 2. The van der Waals surface area contributed by atoms with Crippen LogP contribution in [0.2, 0.25) is 0 Å². The van der Waals surface area contributed by atoms with Gasteiger partial charge in [-0.2, -0.15) is 5.26 Å². The van der Waals surface area contributed by atoms with Gasteiger partial charge < -0.3 is 0 Å². The van der Waals surface area contributed by atoms with Gasteiger partial charge in [0.05, 0.1) is 11.1 Å². The van der Waals surface area contributed by atoms with Crippen molar-refractivity contribution in [2.24, 2.45) is 0 Å². The third-order valence-electron chi connectivity index (χ3n) is 2.26. The lowest BCUT2D eigenvalue weighted by Crippen LogP contribution is -1.87. The minimum Gasteiger partial charge on any atom is -0.282 e.